The minimum atomic E-state index is -1.16. The zero-order chi connectivity index (χ0) is 13.0. The zero-order valence-electron chi connectivity index (χ0n) is 9.04. The number of carbonyl (C=O) groups is 2. The van der Waals surface area contributed by atoms with Gasteiger partial charge in [0.05, 0.1) is 6.42 Å². The highest BCUT2D eigenvalue weighted by molar-refractivity contribution is 6.01. The van der Waals surface area contributed by atoms with Crippen LogP contribution in [0.15, 0.2) is 23.8 Å². The summed E-state index contributed by atoms with van der Waals surface area (Å²) in [5.74, 6) is -3.62. The lowest BCUT2D eigenvalue weighted by molar-refractivity contribution is -0.136. The minimum Gasteiger partial charge on any atom is -0.481 e. The van der Waals surface area contributed by atoms with Crippen LogP contribution in [0.2, 0.25) is 0 Å². The monoisotopic (exact) mass is 240 g/mol. The molecule has 0 amide bonds. The standard InChI is InChI=1S/C12H10F2O3/c1-7(15)9(6-12(16)17)4-8-2-3-10(13)11(14)5-8/h2-5H,6H2,1H3,(H,16,17). The maximum atomic E-state index is 12.9. The Hall–Kier alpha value is -2.04. The van der Waals surface area contributed by atoms with E-state index in [0.717, 1.165) is 12.1 Å². The molecule has 0 saturated heterocycles. The Morgan fingerprint density at radius 3 is 2.41 bits per heavy atom. The van der Waals surface area contributed by atoms with E-state index in [-0.39, 0.29) is 11.1 Å². The van der Waals surface area contributed by atoms with Crippen molar-refractivity contribution in [3.63, 3.8) is 0 Å². The molecule has 0 atom stereocenters. The third-order valence-electron chi connectivity index (χ3n) is 2.08. The SMILES string of the molecule is CC(=O)C(=Cc1ccc(F)c(F)c1)CC(=O)O. The van der Waals surface area contributed by atoms with Gasteiger partial charge in [0.25, 0.3) is 0 Å². The molecule has 0 aliphatic carbocycles. The molecule has 0 aromatic heterocycles. The lowest BCUT2D eigenvalue weighted by atomic mass is 10.0. The van der Waals surface area contributed by atoms with Gasteiger partial charge in [0.1, 0.15) is 0 Å². The third kappa shape index (κ3) is 3.79. The van der Waals surface area contributed by atoms with Crippen molar-refractivity contribution in [3.8, 4) is 0 Å². The fourth-order valence-electron chi connectivity index (χ4n) is 1.24. The molecule has 0 unspecified atom stereocenters. The molecule has 1 aromatic rings. The quantitative estimate of drug-likeness (QED) is 0.822. The molecule has 0 aliphatic heterocycles. The first-order valence-electron chi connectivity index (χ1n) is 4.78. The van der Waals surface area contributed by atoms with Gasteiger partial charge in [0.15, 0.2) is 17.4 Å². The largest absolute Gasteiger partial charge is 0.481 e. The first-order chi connectivity index (χ1) is 7.90. The van der Waals surface area contributed by atoms with Gasteiger partial charge in [0, 0.05) is 5.57 Å². The number of carbonyl (C=O) groups excluding carboxylic acids is 1. The normalized spacial score (nSPS) is 11.4. The van der Waals surface area contributed by atoms with Gasteiger partial charge in [0.2, 0.25) is 0 Å². The number of hydrogen-bond donors (Lipinski definition) is 1. The number of rotatable bonds is 4. The Morgan fingerprint density at radius 1 is 1.29 bits per heavy atom. The number of halogens is 2. The number of benzene rings is 1. The van der Waals surface area contributed by atoms with Crippen LogP contribution in [0, 0.1) is 11.6 Å². The Balaban J connectivity index is 3.08. The molecule has 0 aliphatic rings. The highest BCUT2D eigenvalue weighted by Crippen LogP contribution is 2.14. The molecule has 3 nitrogen and oxygen atoms in total. The molecule has 0 heterocycles. The summed E-state index contributed by atoms with van der Waals surface area (Å²) in [4.78, 5) is 21.6. The van der Waals surface area contributed by atoms with Crippen molar-refractivity contribution in [1.29, 1.82) is 0 Å². The molecule has 0 bridgehead atoms. The average Bonchev–Trinajstić information content (AvgIpc) is 2.21. The van der Waals surface area contributed by atoms with Crippen LogP contribution in [0.1, 0.15) is 18.9 Å². The first-order valence-corrected chi connectivity index (χ1v) is 4.78. The van der Waals surface area contributed by atoms with Crippen LogP contribution in [0.25, 0.3) is 6.08 Å². The molecule has 0 saturated carbocycles. The predicted molar refractivity (Wildman–Crippen MR) is 57.3 cm³/mol. The molecule has 5 heteroatoms. The van der Waals surface area contributed by atoms with Crippen LogP contribution < -0.4 is 0 Å². The molecule has 0 radical (unpaired) electrons. The van der Waals surface area contributed by atoms with Gasteiger partial charge in [-0.3, -0.25) is 9.59 Å². The van der Waals surface area contributed by atoms with Crippen molar-refractivity contribution >= 4 is 17.8 Å². The van der Waals surface area contributed by atoms with Crippen LogP contribution in [-0.2, 0) is 9.59 Å². The van der Waals surface area contributed by atoms with E-state index in [0.29, 0.717) is 0 Å². The van der Waals surface area contributed by atoms with Gasteiger partial charge in [-0.15, -0.1) is 0 Å². The predicted octanol–water partition coefficient (Wildman–Crippen LogP) is 2.41. The summed E-state index contributed by atoms with van der Waals surface area (Å²) in [6.07, 6.45) is 0.785. The second-order valence-electron chi connectivity index (χ2n) is 3.47. The molecule has 1 aromatic carbocycles. The van der Waals surface area contributed by atoms with Crippen molar-refractivity contribution in [2.24, 2.45) is 0 Å². The van der Waals surface area contributed by atoms with Gasteiger partial charge < -0.3 is 5.11 Å². The summed E-state index contributed by atoms with van der Waals surface area (Å²) in [7, 11) is 0. The average molecular weight is 240 g/mol. The number of ketones is 1. The van der Waals surface area contributed by atoms with Crippen LogP contribution >= 0.6 is 0 Å². The number of Topliss-reactive ketones (excluding diaryl/α,β-unsaturated/α-hetero) is 1. The molecule has 1 rings (SSSR count). The number of carboxylic acid groups (broad SMARTS) is 1. The molecular weight excluding hydrogens is 230 g/mol. The van der Waals surface area contributed by atoms with E-state index in [9.17, 15) is 18.4 Å². The van der Waals surface area contributed by atoms with Crippen molar-refractivity contribution in [3.05, 3.63) is 41.0 Å². The summed E-state index contributed by atoms with van der Waals surface area (Å²) in [5, 5.41) is 8.58. The summed E-state index contributed by atoms with van der Waals surface area (Å²) in [6.45, 7) is 1.22. The Morgan fingerprint density at radius 2 is 1.94 bits per heavy atom. The number of carboxylic acids is 1. The van der Waals surface area contributed by atoms with Gasteiger partial charge in [-0.05, 0) is 30.7 Å². The van der Waals surface area contributed by atoms with Crippen molar-refractivity contribution in [2.75, 3.05) is 0 Å². The summed E-state index contributed by atoms with van der Waals surface area (Å²) >= 11 is 0. The van der Waals surface area contributed by atoms with Crippen LogP contribution in [-0.4, -0.2) is 16.9 Å². The van der Waals surface area contributed by atoms with Gasteiger partial charge in [-0.1, -0.05) is 6.07 Å². The highest BCUT2D eigenvalue weighted by Gasteiger charge is 2.09. The minimum absolute atomic E-state index is 0.0310. The Bertz CT molecular complexity index is 493. The maximum absolute atomic E-state index is 12.9. The van der Waals surface area contributed by atoms with Crippen molar-refractivity contribution in [1.82, 2.24) is 0 Å². The second kappa shape index (κ2) is 5.34. The molecular formula is C12H10F2O3. The van der Waals surface area contributed by atoms with Gasteiger partial charge >= 0.3 is 5.97 Å². The number of hydrogen-bond acceptors (Lipinski definition) is 2. The highest BCUT2D eigenvalue weighted by atomic mass is 19.2. The molecule has 90 valence electrons. The molecule has 0 spiro atoms. The van der Waals surface area contributed by atoms with Gasteiger partial charge in [-0.2, -0.15) is 0 Å². The fraction of sp³-hybridized carbons (Fsp3) is 0.167. The van der Waals surface area contributed by atoms with Gasteiger partial charge in [-0.25, -0.2) is 8.78 Å². The topological polar surface area (TPSA) is 54.4 Å². The summed E-state index contributed by atoms with van der Waals surface area (Å²) in [5.41, 5.74) is 0.277. The molecule has 0 fully saturated rings. The first kappa shape index (κ1) is 13.0. The number of aliphatic carboxylic acids is 1. The molecule has 17 heavy (non-hydrogen) atoms. The van der Waals surface area contributed by atoms with E-state index in [1.807, 2.05) is 0 Å². The van der Waals surface area contributed by atoms with E-state index >= 15 is 0 Å². The zero-order valence-corrected chi connectivity index (χ0v) is 9.04. The molecule has 1 N–H and O–H groups in total. The summed E-state index contributed by atoms with van der Waals surface area (Å²) < 4.78 is 25.5. The Kier molecular flexibility index (Phi) is 4.09. The van der Waals surface area contributed by atoms with Crippen LogP contribution in [0.3, 0.4) is 0 Å². The lowest BCUT2D eigenvalue weighted by Gasteiger charge is -2.01. The van der Waals surface area contributed by atoms with E-state index < -0.39 is 29.8 Å². The third-order valence-corrected chi connectivity index (χ3v) is 2.08. The smallest absolute Gasteiger partial charge is 0.307 e. The fourth-order valence-corrected chi connectivity index (χ4v) is 1.24. The maximum Gasteiger partial charge on any atom is 0.307 e. The summed E-state index contributed by atoms with van der Waals surface area (Å²) in [6, 6.07) is 3.09. The van der Waals surface area contributed by atoms with Crippen LogP contribution in [0.4, 0.5) is 8.78 Å². The van der Waals surface area contributed by atoms with Crippen molar-refractivity contribution in [2.45, 2.75) is 13.3 Å². The van der Waals surface area contributed by atoms with E-state index in [4.69, 9.17) is 5.11 Å². The lowest BCUT2D eigenvalue weighted by Crippen LogP contribution is -2.04. The Labute approximate surface area is 96.4 Å². The van der Waals surface area contributed by atoms with Crippen LogP contribution in [0.5, 0.6) is 0 Å². The van der Waals surface area contributed by atoms with Crippen molar-refractivity contribution < 1.29 is 23.5 Å². The second-order valence-corrected chi connectivity index (χ2v) is 3.47. The van der Waals surface area contributed by atoms with E-state index in [1.54, 1.807) is 0 Å². The van der Waals surface area contributed by atoms with E-state index in [1.165, 1.54) is 19.1 Å². The van der Waals surface area contributed by atoms with E-state index in [2.05, 4.69) is 0 Å².